The van der Waals surface area contributed by atoms with Crippen LogP contribution in [0.4, 0.5) is 5.82 Å². The zero-order chi connectivity index (χ0) is 12.1. The number of nitrogens with zero attached hydrogens (tertiary/aromatic N) is 6. The Kier molecular flexibility index (Phi) is 3.16. The number of hydrogen-bond donors (Lipinski definition) is 1. The number of pyridine rings is 1. The molecule has 1 unspecified atom stereocenters. The molecule has 0 bridgehead atoms. The van der Waals surface area contributed by atoms with Crippen LogP contribution in [-0.2, 0) is 0 Å². The third-order valence-corrected chi connectivity index (χ3v) is 2.03. The summed E-state index contributed by atoms with van der Waals surface area (Å²) in [5, 5.41) is 22.1. The number of nitrogens with one attached hydrogen (secondary N) is 1. The van der Waals surface area contributed by atoms with E-state index in [9.17, 15) is 0 Å². The van der Waals surface area contributed by atoms with Crippen LogP contribution in [0.15, 0.2) is 23.3 Å². The maximum atomic E-state index is 8.94. The number of tetrazole rings is 1. The minimum atomic E-state index is -0.628. The van der Waals surface area contributed by atoms with Crippen LogP contribution < -0.4 is 0 Å². The molecular weight excluding hydrogens is 218 g/mol. The molecule has 0 aliphatic rings. The normalized spacial score (nSPS) is 12.5. The van der Waals surface area contributed by atoms with E-state index in [0.717, 1.165) is 5.56 Å². The van der Waals surface area contributed by atoms with Crippen LogP contribution in [0.5, 0.6) is 0 Å². The summed E-state index contributed by atoms with van der Waals surface area (Å²) in [6.45, 7) is 1.94. The van der Waals surface area contributed by atoms with Crippen molar-refractivity contribution in [3.8, 4) is 6.07 Å². The fraction of sp³-hybridized carbons (Fsp3) is 0.200. The Morgan fingerprint density at radius 1 is 1.53 bits per heavy atom. The quantitative estimate of drug-likeness (QED) is 0.785. The van der Waals surface area contributed by atoms with Gasteiger partial charge in [0.15, 0.2) is 11.6 Å². The lowest BCUT2D eigenvalue weighted by atomic mass is 10.2. The van der Waals surface area contributed by atoms with Crippen LogP contribution in [0.1, 0.15) is 17.3 Å². The molecule has 0 fully saturated rings. The Balaban J connectivity index is 2.14. The van der Waals surface area contributed by atoms with E-state index in [1.807, 2.05) is 19.1 Å². The van der Waals surface area contributed by atoms with Gasteiger partial charge in [-0.25, -0.2) is 9.98 Å². The van der Waals surface area contributed by atoms with Gasteiger partial charge in [-0.3, -0.25) is 0 Å². The maximum Gasteiger partial charge on any atom is 0.197 e. The summed E-state index contributed by atoms with van der Waals surface area (Å²) in [6, 6.07) is 5.70. The number of aromatic amines is 1. The first-order chi connectivity index (χ1) is 8.29. The lowest BCUT2D eigenvalue weighted by Crippen LogP contribution is -1.99. The Morgan fingerprint density at radius 2 is 2.41 bits per heavy atom. The Bertz CT molecular complexity index is 535. The fourth-order valence-electron chi connectivity index (χ4n) is 1.15. The van der Waals surface area contributed by atoms with Crippen molar-refractivity contribution in [2.45, 2.75) is 12.8 Å². The van der Waals surface area contributed by atoms with Gasteiger partial charge in [-0.2, -0.15) is 10.5 Å². The molecule has 84 valence electrons. The average molecular weight is 227 g/mol. The van der Waals surface area contributed by atoms with E-state index in [-0.39, 0.29) is 0 Å². The van der Waals surface area contributed by atoms with Crippen molar-refractivity contribution in [3.05, 3.63) is 29.7 Å². The minimum absolute atomic E-state index is 0.295. The predicted octanol–water partition coefficient (Wildman–Crippen LogP) is 0.913. The van der Waals surface area contributed by atoms with Crippen molar-refractivity contribution in [2.75, 3.05) is 0 Å². The SMILES string of the molecule is Cc1ccc(N=CC(C#N)c2nn[nH]n2)nc1. The molecule has 1 N–H and O–H groups in total. The topological polar surface area (TPSA) is 104 Å². The molecule has 0 aliphatic carbocycles. The molecule has 2 aromatic rings. The molecule has 0 saturated heterocycles. The van der Waals surface area contributed by atoms with Crippen molar-refractivity contribution >= 4 is 12.0 Å². The molecule has 2 heterocycles. The van der Waals surface area contributed by atoms with Gasteiger partial charge >= 0.3 is 0 Å². The monoisotopic (exact) mass is 227 g/mol. The number of aromatic nitrogens is 5. The van der Waals surface area contributed by atoms with E-state index in [2.05, 4.69) is 30.6 Å². The van der Waals surface area contributed by atoms with Crippen molar-refractivity contribution in [1.82, 2.24) is 25.6 Å². The molecule has 7 heteroatoms. The van der Waals surface area contributed by atoms with Crippen LogP contribution in [-0.4, -0.2) is 31.8 Å². The van der Waals surface area contributed by atoms with Crippen molar-refractivity contribution in [1.29, 1.82) is 5.26 Å². The van der Waals surface area contributed by atoms with Gasteiger partial charge in [-0.05, 0) is 18.6 Å². The maximum absolute atomic E-state index is 8.94. The van der Waals surface area contributed by atoms with Gasteiger partial charge in [0.1, 0.15) is 5.92 Å². The first-order valence-electron chi connectivity index (χ1n) is 4.89. The first kappa shape index (κ1) is 10.9. The number of aryl methyl sites for hydroxylation is 1. The zero-order valence-electron chi connectivity index (χ0n) is 9.07. The summed E-state index contributed by atoms with van der Waals surface area (Å²) >= 11 is 0. The van der Waals surface area contributed by atoms with Gasteiger partial charge in [0.25, 0.3) is 0 Å². The lowest BCUT2D eigenvalue weighted by molar-refractivity contribution is 0.881. The van der Waals surface area contributed by atoms with Gasteiger partial charge in [0.05, 0.1) is 6.07 Å². The van der Waals surface area contributed by atoms with E-state index in [4.69, 9.17) is 5.26 Å². The molecular formula is C10H9N7. The highest BCUT2D eigenvalue weighted by Gasteiger charge is 2.12. The van der Waals surface area contributed by atoms with Gasteiger partial charge in [0.2, 0.25) is 0 Å². The highest BCUT2D eigenvalue weighted by atomic mass is 15.5. The van der Waals surface area contributed by atoms with E-state index in [1.165, 1.54) is 6.21 Å². The van der Waals surface area contributed by atoms with Crippen molar-refractivity contribution < 1.29 is 0 Å². The van der Waals surface area contributed by atoms with E-state index in [1.54, 1.807) is 12.3 Å². The minimum Gasteiger partial charge on any atom is -0.240 e. The molecule has 1 atom stereocenters. The number of nitriles is 1. The van der Waals surface area contributed by atoms with Crippen molar-refractivity contribution in [2.24, 2.45) is 4.99 Å². The second-order valence-corrected chi connectivity index (χ2v) is 3.35. The molecule has 2 rings (SSSR count). The van der Waals surface area contributed by atoms with Crippen LogP contribution in [0.2, 0.25) is 0 Å². The molecule has 0 spiro atoms. The summed E-state index contributed by atoms with van der Waals surface area (Å²) < 4.78 is 0. The molecule has 7 nitrogen and oxygen atoms in total. The number of aliphatic imine (C=N–C) groups is 1. The summed E-state index contributed by atoms with van der Waals surface area (Å²) in [7, 11) is 0. The lowest BCUT2D eigenvalue weighted by Gasteiger charge is -1.96. The third-order valence-electron chi connectivity index (χ3n) is 2.03. The first-order valence-corrected chi connectivity index (χ1v) is 4.89. The van der Waals surface area contributed by atoms with Gasteiger partial charge in [0, 0.05) is 12.4 Å². The molecule has 0 aliphatic heterocycles. The van der Waals surface area contributed by atoms with Gasteiger partial charge < -0.3 is 0 Å². The van der Waals surface area contributed by atoms with Crippen LogP contribution in [0.3, 0.4) is 0 Å². The molecule has 0 saturated carbocycles. The molecule has 0 radical (unpaired) electrons. The number of hydrogen-bond acceptors (Lipinski definition) is 6. The smallest absolute Gasteiger partial charge is 0.197 e. The van der Waals surface area contributed by atoms with Crippen LogP contribution in [0, 0.1) is 18.3 Å². The highest BCUT2D eigenvalue weighted by Crippen LogP contribution is 2.10. The summed E-state index contributed by atoms with van der Waals surface area (Å²) in [4.78, 5) is 8.19. The second-order valence-electron chi connectivity index (χ2n) is 3.35. The van der Waals surface area contributed by atoms with Gasteiger partial charge in [-0.15, -0.1) is 10.2 Å². The van der Waals surface area contributed by atoms with E-state index < -0.39 is 5.92 Å². The Labute approximate surface area is 97.2 Å². The number of rotatable bonds is 3. The third kappa shape index (κ3) is 2.69. The second kappa shape index (κ2) is 4.94. The summed E-state index contributed by atoms with van der Waals surface area (Å²) in [5.41, 5.74) is 1.05. The van der Waals surface area contributed by atoms with Crippen LogP contribution in [0.25, 0.3) is 0 Å². The predicted molar refractivity (Wildman–Crippen MR) is 59.7 cm³/mol. The Hall–Kier alpha value is -2.62. The highest BCUT2D eigenvalue weighted by molar-refractivity contribution is 5.72. The van der Waals surface area contributed by atoms with E-state index >= 15 is 0 Å². The zero-order valence-corrected chi connectivity index (χ0v) is 9.07. The van der Waals surface area contributed by atoms with E-state index in [0.29, 0.717) is 11.6 Å². The standard InChI is InChI=1S/C10H9N7/c1-7-2-3-9(12-5-7)13-6-8(4-11)10-14-16-17-15-10/h2-3,5-6,8H,1H3,(H,14,15,16,17). The fourth-order valence-corrected chi connectivity index (χ4v) is 1.15. The average Bonchev–Trinajstić information content (AvgIpc) is 2.86. The summed E-state index contributed by atoms with van der Waals surface area (Å²) in [6.07, 6.45) is 3.16. The molecule has 0 amide bonds. The summed E-state index contributed by atoms with van der Waals surface area (Å²) in [5.74, 6) is 0.208. The van der Waals surface area contributed by atoms with Crippen molar-refractivity contribution in [3.63, 3.8) is 0 Å². The number of H-pyrrole nitrogens is 1. The Morgan fingerprint density at radius 3 is 3.00 bits per heavy atom. The largest absolute Gasteiger partial charge is 0.240 e. The molecule has 0 aromatic carbocycles. The van der Waals surface area contributed by atoms with Gasteiger partial charge in [-0.1, -0.05) is 11.3 Å². The molecule has 17 heavy (non-hydrogen) atoms. The molecule has 2 aromatic heterocycles. The van der Waals surface area contributed by atoms with Crippen LogP contribution >= 0.6 is 0 Å².